The van der Waals surface area contributed by atoms with Gasteiger partial charge in [0.25, 0.3) is 0 Å². The fourth-order valence-corrected chi connectivity index (χ4v) is 7.74. The summed E-state index contributed by atoms with van der Waals surface area (Å²) in [5, 5.41) is 10.0. The van der Waals surface area contributed by atoms with E-state index in [4.69, 9.17) is 0 Å². The number of fused-ring (bicyclic) bond motifs is 1. The van der Waals surface area contributed by atoms with Gasteiger partial charge in [0.05, 0.1) is 11.5 Å². The molecular formula is C30H53N. The summed E-state index contributed by atoms with van der Waals surface area (Å²) in [7, 11) is 0. The molecule has 3 aliphatic carbocycles. The number of nitriles is 1. The smallest absolute Gasteiger partial charge is 0.0689 e. The van der Waals surface area contributed by atoms with E-state index in [1.54, 1.807) is 0 Å². The Morgan fingerprint density at radius 2 is 1.29 bits per heavy atom. The number of unbranched alkanes of at least 4 members (excludes halogenated alkanes) is 7. The van der Waals surface area contributed by atoms with E-state index in [-0.39, 0.29) is 5.41 Å². The molecule has 0 bridgehead atoms. The average Bonchev–Trinajstić information content (AvgIpc) is 2.82. The average molecular weight is 428 g/mol. The van der Waals surface area contributed by atoms with Gasteiger partial charge in [-0.3, -0.25) is 0 Å². The molecular weight excluding hydrogens is 374 g/mol. The minimum Gasteiger partial charge on any atom is -0.198 e. The van der Waals surface area contributed by atoms with E-state index in [0.29, 0.717) is 0 Å². The van der Waals surface area contributed by atoms with Crippen LogP contribution in [0.25, 0.3) is 0 Å². The molecule has 0 spiro atoms. The molecule has 0 heterocycles. The van der Waals surface area contributed by atoms with Crippen molar-refractivity contribution in [3.63, 3.8) is 0 Å². The van der Waals surface area contributed by atoms with Crippen molar-refractivity contribution in [3.05, 3.63) is 0 Å². The van der Waals surface area contributed by atoms with Crippen molar-refractivity contribution in [1.29, 1.82) is 5.26 Å². The van der Waals surface area contributed by atoms with Gasteiger partial charge in [-0.25, -0.2) is 0 Å². The van der Waals surface area contributed by atoms with E-state index in [0.717, 1.165) is 29.6 Å². The topological polar surface area (TPSA) is 23.8 Å². The maximum absolute atomic E-state index is 10.0. The second kappa shape index (κ2) is 13.3. The largest absolute Gasteiger partial charge is 0.198 e. The molecule has 178 valence electrons. The van der Waals surface area contributed by atoms with Crippen molar-refractivity contribution in [2.75, 3.05) is 0 Å². The highest BCUT2D eigenvalue weighted by molar-refractivity contribution is 5.04. The molecule has 0 aromatic heterocycles. The molecule has 3 aliphatic rings. The van der Waals surface area contributed by atoms with E-state index in [9.17, 15) is 5.26 Å². The highest BCUT2D eigenvalue weighted by Gasteiger charge is 2.44. The minimum atomic E-state index is 0.0386. The Kier molecular flexibility index (Phi) is 10.7. The Balaban J connectivity index is 1.37. The first-order valence-corrected chi connectivity index (χ1v) is 14.6. The van der Waals surface area contributed by atoms with Crippen LogP contribution in [0.1, 0.15) is 149 Å². The summed E-state index contributed by atoms with van der Waals surface area (Å²) >= 11 is 0. The van der Waals surface area contributed by atoms with Gasteiger partial charge in [0, 0.05) is 0 Å². The molecule has 4 atom stereocenters. The zero-order valence-electron chi connectivity index (χ0n) is 21.2. The van der Waals surface area contributed by atoms with Crippen molar-refractivity contribution in [1.82, 2.24) is 0 Å². The molecule has 0 radical (unpaired) electrons. The number of rotatable bonds is 12. The molecule has 0 saturated heterocycles. The Morgan fingerprint density at radius 3 is 2.00 bits per heavy atom. The van der Waals surface area contributed by atoms with Crippen molar-refractivity contribution in [2.24, 2.45) is 35.0 Å². The Hall–Kier alpha value is -0.510. The van der Waals surface area contributed by atoms with Crippen molar-refractivity contribution >= 4 is 0 Å². The summed E-state index contributed by atoms with van der Waals surface area (Å²) in [6.07, 6.45) is 29.5. The first-order chi connectivity index (χ1) is 15.2. The standard InChI is InChI=1S/C30H53N/c1-3-5-7-9-10-12-25-13-15-26(16-14-25)27-17-18-29-23-30(24-31,20-11-8-6-4-2)21-19-28(29)22-27/h25-29H,3-23H2,1-2H3/t25?,26?,27-,28+,29+,30-/m0/s1. The fourth-order valence-electron chi connectivity index (χ4n) is 7.74. The predicted octanol–water partition coefficient (Wildman–Crippen LogP) is 9.85. The molecule has 0 unspecified atom stereocenters. The van der Waals surface area contributed by atoms with Crippen LogP contribution in [0.2, 0.25) is 0 Å². The molecule has 31 heavy (non-hydrogen) atoms. The molecule has 0 aliphatic heterocycles. The first-order valence-electron chi connectivity index (χ1n) is 14.6. The third-order valence-electron chi connectivity index (χ3n) is 9.85. The molecule has 1 nitrogen and oxygen atoms in total. The molecule has 0 aromatic rings. The van der Waals surface area contributed by atoms with E-state index in [1.165, 1.54) is 135 Å². The van der Waals surface area contributed by atoms with Gasteiger partial charge >= 0.3 is 0 Å². The summed E-state index contributed by atoms with van der Waals surface area (Å²) in [5.41, 5.74) is 0.0386. The molecule has 3 saturated carbocycles. The molecule has 0 amide bonds. The molecule has 0 aromatic carbocycles. The van der Waals surface area contributed by atoms with Gasteiger partial charge < -0.3 is 0 Å². The normalized spacial score (nSPS) is 36.0. The number of hydrogen-bond acceptors (Lipinski definition) is 1. The second-order valence-electron chi connectivity index (χ2n) is 12.0. The fraction of sp³-hybridized carbons (Fsp3) is 0.967. The maximum Gasteiger partial charge on any atom is 0.0689 e. The van der Waals surface area contributed by atoms with E-state index in [1.807, 2.05) is 0 Å². The van der Waals surface area contributed by atoms with Crippen LogP contribution in [0.5, 0.6) is 0 Å². The van der Waals surface area contributed by atoms with Crippen LogP contribution in [0.15, 0.2) is 0 Å². The van der Waals surface area contributed by atoms with Gasteiger partial charge in [0.2, 0.25) is 0 Å². The number of nitrogens with zero attached hydrogens (tertiary/aromatic N) is 1. The van der Waals surface area contributed by atoms with Crippen molar-refractivity contribution in [2.45, 2.75) is 149 Å². The first kappa shape index (κ1) is 25.1. The third-order valence-corrected chi connectivity index (χ3v) is 9.85. The van der Waals surface area contributed by atoms with Crippen molar-refractivity contribution in [3.8, 4) is 6.07 Å². The summed E-state index contributed by atoms with van der Waals surface area (Å²) in [4.78, 5) is 0. The van der Waals surface area contributed by atoms with Crippen LogP contribution < -0.4 is 0 Å². The lowest BCUT2D eigenvalue weighted by atomic mass is 9.57. The zero-order valence-corrected chi connectivity index (χ0v) is 21.2. The summed E-state index contributed by atoms with van der Waals surface area (Å²) in [6, 6.07) is 2.83. The van der Waals surface area contributed by atoms with Crippen LogP contribution in [0.3, 0.4) is 0 Å². The summed E-state index contributed by atoms with van der Waals surface area (Å²) in [5.74, 6) is 4.93. The van der Waals surface area contributed by atoms with Crippen LogP contribution in [-0.4, -0.2) is 0 Å². The Morgan fingerprint density at radius 1 is 0.677 bits per heavy atom. The van der Waals surface area contributed by atoms with Gasteiger partial charge in [0.1, 0.15) is 0 Å². The van der Waals surface area contributed by atoms with Gasteiger partial charge in [0.15, 0.2) is 0 Å². The Bertz CT molecular complexity index is 525. The van der Waals surface area contributed by atoms with Crippen LogP contribution in [0, 0.1) is 46.3 Å². The SMILES string of the molecule is CCCCCCCC1CCC([C@H]2CC[C@@H]3C[C@](C#N)(CCCCCC)CC[C@@H]3C2)CC1. The summed E-state index contributed by atoms with van der Waals surface area (Å²) < 4.78 is 0. The quantitative estimate of drug-likeness (QED) is 0.284. The lowest BCUT2D eigenvalue weighted by Crippen LogP contribution is -2.38. The number of hydrogen-bond donors (Lipinski definition) is 0. The second-order valence-corrected chi connectivity index (χ2v) is 12.0. The van der Waals surface area contributed by atoms with Gasteiger partial charge in [-0.1, -0.05) is 90.9 Å². The monoisotopic (exact) mass is 427 g/mol. The lowest BCUT2D eigenvalue weighted by molar-refractivity contribution is 0.0377. The zero-order chi connectivity index (χ0) is 21.9. The van der Waals surface area contributed by atoms with Gasteiger partial charge in [-0.2, -0.15) is 5.26 Å². The maximum atomic E-state index is 10.0. The van der Waals surface area contributed by atoms with E-state index >= 15 is 0 Å². The highest BCUT2D eigenvalue weighted by Crippen LogP contribution is 2.53. The molecule has 3 fully saturated rings. The van der Waals surface area contributed by atoms with Crippen molar-refractivity contribution < 1.29 is 0 Å². The third kappa shape index (κ3) is 7.51. The van der Waals surface area contributed by atoms with E-state index < -0.39 is 0 Å². The predicted molar refractivity (Wildman–Crippen MR) is 134 cm³/mol. The van der Waals surface area contributed by atoms with Gasteiger partial charge in [-0.15, -0.1) is 0 Å². The molecule has 1 heteroatoms. The van der Waals surface area contributed by atoms with Gasteiger partial charge in [-0.05, 0) is 87.4 Å². The molecule has 3 rings (SSSR count). The summed E-state index contributed by atoms with van der Waals surface area (Å²) in [6.45, 7) is 4.60. The van der Waals surface area contributed by atoms with Crippen LogP contribution in [0.4, 0.5) is 0 Å². The van der Waals surface area contributed by atoms with E-state index in [2.05, 4.69) is 19.9 Å². The Labute approximate surface area is 195 Å². The van der Waals surface area contributed by atoms with Crippen LogP contribution in [-0.2, 0) is 0 Å². The minimum absolute atomic E-state index is 0.0386. The van der Waals surface area contributed by atoms with Crippen LogP contribution >= 0.6 is 0 Å². The lowest BCUT2D eigenvalue weighted by Gasteiger charge is -2.47. The highest BCUT2D eigenvalue weighted by atomic mass is 14.5. The molecule has 0 N–H and O–H groups in total.